The predicted octanol–water partition coefficient (Wildman–Crippen LogP) is 0.693. The summed E-state index contributed by atoms with van der Waals surface area (Å²) >= 11 is 6.94. The largest absolute Gasteiger partial charge is 0.395 e. The molecule has 6 heteroatoms. The summed E-state index contributed by atoms with van der Waals surface area (Å²) in [6.45, 7) is 0.387. The summed E-state index contributed by atoms with van der Waals surface area (Å²) < 4.78 is 0. The van der Waals surface area contributed by atoms with Crippen LogP contribution in [0, 0.1) is 0 Å². The number of aromatic nitrogens is 1. The Kier molecular flexibility index (Phi) is 3.74. The lowest BCUT2D eigenvalue weighted by atomic mass is 10.6. The molecule has 1 heterocycles. The molecule has 0 amide bonds. The molecule has 0 unspecified atom stereocenters. The second-order valence-corrected chi connectivity index (χ2v) is 3.48. The average molecular weight is 209 g/mol. The van der Waals surface area contributed by atoms with Gasteiger partial charge in [-0.2, -0.15) is 0 Å². The van der Waals surface area contributed by atoms with Gasteiger partial charge in [0.15, 0.2) is 5.13 Å². The molecule has 0 aliphatic rings. The molecule has 0 saturated carbocycles. The molecule has 0 aliphatic carbocycles. The van der Waals surface area contributed by atoms with Crippen LogP contribution in [0.1, 0.15) is 4.88 Å². The van der Waals surface area contributed by atoms with Crippen molar-refractivity contribution in [2.45, 2.75) is 6.61 Å². The Morgan fingerprint density at radius 2 is 2.25 bits per heavy atom. The van der Waals surface area contributed by atoms with E-state index in [9.17, 15) is 0 Å². The summed E-state index contributed by atoms with van der Waals surface area (Å²) in [5.74, 6) is 0. The summed E-state index contributed by atoms with van der Waals surface area (Å²) in [4.78, 5) is 4.56. The van der Waals surface area contributed by atoms with Gasteiger partial charge in [-0.3, -0.25) is 0 Å². The number of rotatable bonds is 4. The Morgan fingerprint density at radius 1 is 1.50 bits per heavy atom. The van der Waals surface area contributed by atoms with Crippen LogP contribution in [-0.4, -0.2) is 28.3 Å². The van der Waals surface area contributed by atoms with Crippen LogP contribution in [0.3, 0.4) is 0 Å². The second-order valence-electron chi connectivity index (χ2n) is 2.04. The zero-order valence-corrected chi connectivity index (χ0v) is 7.82. The van der Waals surface area contributed by atoms with Crippen molar-refractivity contribution in [3.8, 4) is 0 Å². The molecule has 0 bridgehead atoms. The Hall–Kier alpha value is -0.360. The van der Waals surface area contributed by atoms with Crippen molar-refractivity contribution in [1.29, 1.82) is 0 Å². The molecular formula is C6H9ClN2O2S. The van der Waals surface area contributed by atoms with Crippen LogP contribution in [0.25, 0.3) is 0 Å². The van der Waals surface area contributed by atoms with E-state index in [1.165, 1.54) is 11.3 Å². The number of thiazole rings is 1. The molecule has 0 spiro atoms. The third-order valence-electron chi connectivity index (χ3n) is 1.18. The summed E-state index contributed by atoms with van der Waals surface area (Å²) in [6.07, 6.45) is 0. The third-order valence-corrected chi connectivity index (χ3v) is 2.60. The topological polar surface area (TPSA) is 65.4 Å². The van der Waals surface area contributed by atoms with Crippen molar-refractivity contribution in [2.75, 3.05) is 18.5 Å². The SMILES string of the molecule is OCCNc1nc(Cl)c(CO)s1. The van der Waals surface area contributed by atoms with Gasteiger partial charge in [0.1, 0.15) is 5.15 Å². The molecule has 0 fully saturated rings. The third kappa shape index (κ3) is 2.31. The van der Waals surface area contributed by atoms with Crippen molar-refractivity contribution in [3.05, 3.63) is 10.0 Å². The van der Waals surface area contributed by atoms with Gasteiger partial charge in [-0.05, 0) is 0 Å². The van der Waals surface area contributed by atoms with Gasteiger partial charge in [-0.25, -0.2) is 4.98 Å². The van der Waals surface area contributed by atoms with Crippen LogP contribution < -0.4 is 5.32 Å². The van der Waals surface area contributed by atoms with Crippen LogP contribution in [0.5, 0.6) is 0 Å². The minimum atomic E-state index is -0.0999. The lowest BCUT2D eigenvalue weighted by molar-refractivity contribution is 0.285. The highest BCUT2D eigenvalue weighted by Crippen LogP contribution is 2.26. The monoisotopic (exact) mass is 208 g/mol. The maximum absolute atomic E-state index is 8.77. The van der Waals surface area contributed by atoms with Gasteiger partial charge >= 0.3 is 0 Å². The molecule has 0 radical (unpaired) electrons. The van der Waals surface area contributed by atoms with Crippen LogP contribution >= 0.6 is 22.9 Å². The fourth-order valence-electron chi connectivity index (χ4n) is 0.669. The summed E-state index contributed by atoms with van der Waals surface area (Å²) in [5.41, 5.74) is 0. The van der Waals surface area contributed by atoms with Gasteiger partial charge in [0, 0.05) is 6.54 Å². The van der Waals surface area contributed by atoms with Crippen molar-refractivity contribution < 1.29 is 10.2 Å². The van der Waals surface area contributed by atoms with E-state index in [0.717, 1.165) is 0 Å². The normalized spacial score (nSPS) is 10.2. The Bertz CT molecular complexity index is 254. The van der Waals surface area contributed by atoms with Crippen molar-refractivity contribution in [2.24, 2.45) is 0 Å². The standard InChI is InChI=1S/C6H9ClN2O2S/c7-5-4(3-11)12-6(9-5)8-1-2-10/h10-11H,1-3H2,(H,8,9). The molecule has 68 valence electrons. The minimum Gasteiger partial charge on any atom is -0.395 e. The van der Waals surface area contributed by atoms with E-state index in [0.29, 0.717) is 21.7 Å². The van der Waals surface area contributed by atoms with Gasteiger partial charge in [-0.15, -0.1) is 0 Å². The smallest absolute Gasteiger partial charge is 0.184 e. The zero-order valence-electron chi connectivity index (χ0n) is 6.25. The van der Waals surface area contributed by atoms with Gasteiger partial charge in [0.05, 0.1) is 18.1 Å². The van der Waals surface area contributed by atoms with Crippen LogP contribution in [-0.2, 0) is 6.61 Å². The first-order chi connectivity index (χ1) is 5.77. The van der Waals surface area contributed by atoms with Gasteiger partial charge in [0.2, 0.25) is 0 Å². The maximum atomic E-state index is 8.77. The highest BCUT2D eigenvalue weighted by molar-refractivity contribution is 7.16. The highest BCUT2D eigenvalue weighted by Gasteiger charge is 2.06. The molecule has 0 aromatic carbocycles. The number of nitrogens with one attached hydrogen (secondary N) is 1. The average Bonchev–Trinajstić information content (AvgIpc) is 2.43. The summed E-state index contributed by atoms with van der Waals surface area (Å²) in [7, 11) is 0. The number of anilines is 1. The summed E-state index contributed by atoms with van der Waals surface area (Å²) in [5, 5.41) is 21.1. The number of hydrogen-bond acceptors (Lipinski definition) is 5. The Morgan fingerprint density at radius 3 is 2.75 bits per heavy atom. The quantitative estimate of drug-likeness (QED) is 0.682. The van der Waals surface area contributed by atoms with Gasteiger partial charge in [-0.1, -0.05) is 22.9 Å². The Labute approximate surface area is 78.8 Å². The molecule has 0 saturated heterocycles. The first-order valence-corrected chi connectivity index (χ1v) is 4.58. The van der Waals surface area contributed by atoms with E-state index < -0.39 is 0 Å². The number of aliphatic hydroxyl groups is 2. The minimum absolute atomic E-state index is 0.0473. The molecule has 1 aromatic heterocycles. The molecule has 1 rings (SSSR count). The first-order valence-electron chi connectivity index (χ1n) is 3.38. The fraction of sp³-hybridized carbons (Fsp3) is 0.500. The molecule has 0 atom stereocenters. The summed E-state index contributed by atoms with van der Waals surface area (Å²) in [6, 6.07) is 0. The van der Waals surface area contributed by atoms with Crippen molar-refractivity contribution in [1.82, 2.24) is 4.98 Å². The van der Waals surface area contributed by atoms with Gasteiger partial charge in [0.25, 0.3) is 0 Å². The molecule has 4 nitrogen and oxygen atoms in total. The van der Waals surface area contributed by atoms with Crippen molar-refractivity contribution >= 4 is 28.1 Å². The number of nitrogens with zero attached hydrogens (tertiary/aromatic N) is 1. The molecule has 1 aromatic rings. The highest BCUT2D eigenvalue weighted by atomic mass is 35.5. The van der Waals surface area contributed by atoms with E-state index >= 15 is 0 Å². The number of aliphatic hydroxyl groups excluding tert-OH is 2. The van der Waals surface area contributed by atoms with Crippen LogP contribution in [0.4, 0.5) is 5.13 Å². The van der Waals surface area contributed by atoms with E-state index in [1.807, 2.05) is 0 Å². The zero-order chi connectivity index (χ0) is 8.97. The van der Waals surface area contributed by atoms with E-state index in [2.05, 4.69) is 10.3 Å². The lowest BCUT2D eigenvalue weighted by Gasteiger charge is -1.95. The second kappa shape index (κ2) is 4.61. The lowest BCUT2D eigenvalue weighted by Crippen LogP contribution is -2.04. The maximum Gasteiger partial charge on any atom is 0.184 e. The fourth-order valence-corrected chi connectivity index (χ4v) is 1.72. The number of hydrogen-bond donors (Lipinski definition) is 3. The molecule has 3 N–H and O–H groups in total. The predicted molar refractivity (Wildman–Crippen MR) is 48.6 cm³/mol. The molecule has 0 aliphatic heterocycles. The Balaban J connectivity index is 2.62. The molecular weight excluding hydrogens is 200 g/mol. The van der Waals surface area contributed by atoms with E-state index in [4.69, 9.17) is 21.8 Å². The van der Waals surface area contributed by atoms with Crippen molar-refractivity contribution in [3.63, 3.8) is 0 Å². The first kappa shape index (κ1) is 9.73. The van der Waals surface area contributed by atoms with E-state index in [1.54, 1.807) is 0 Å². The van der Waals surface area contributed by atoms with Crippen LogP contribution in [0.15, 0.2) is 0 Å². The van der Waals surface area contributed by atoms with Gasteiger partial charge < -0.3 is 15.5 Å². The molecule has 12 heavy (non-hydrogen) atoms. The van der Waals surface area contributed by atoms with E-state index in [-0.39, 0.29) is 13.2 Å². The number of halogens is 1. The van der Waals surface area contributed by atoms with Crippen LogP contribution in [0.2, 0.25) is 5.15 Å².